The highest BCUT2D eigenvalue weighted by atomic mass is 16.2. The van der Waals surface area contributed by atoms with E-state index in [-0.39, 0.29) is 17.5 Å². The first-order valence-corrected chi connectivity index (χ1v) is 11.2. The number of carbonyl (C=O) groups is 1. The second-order valence-corrected chi connectivity index (χ2v) is 8.10. The third-order valence-corrected chi connectivity index (χ3v) is 5.87. The molecule has 0 radical (unpaired) electrons. The number of aromatic nitrogens is 1. The highest BCUT2D eigenvalue weighted by molar-refractivity contribution is 5.81. The second kappa shape index (κ2) is 11.0. The fraction of sp³-hybridized carbons (Fsp3) is 0.682. The van der Waals surface area contributed by atoms with Crippen molar-refractivity contribution in [3.8, 4) is 0 Å². The summed E-state index contributed by atoms with van der Waals surface area (Å²) in [5, 5.41) is 6.81. The Hall–Kier alpha value is -2.31. The van der Waals surface area contributed by atoms with Gasteiger partial charge in [0.05, 0.1) is 0 Å². The fourth-order valence-corrected chi connectivity index (χ4v) is 4.25. The molecule has 7 nitrogen and oxygen atoms in total. The van der Waals surface area contributed by atoms with Crippen molar-refractivity contribution < 1.29 is 4.79 Å². The molecule has 3 rings (SSSR count). The van der Waals surface area contributed by atoms with Gasteiger partial charge in [-0.25, -0.2) is 0 Å². The van der Waals surface area contributed by atoms with Gasteiger partial charge in [0.2, 0.25) is 11.5 Å². The van der Waals surface area contributed by atoms with Crippen molar-refractivity contribution in [1.82, 2.24) is 20.1 Å². The zero-order valence-electron chi connectivity index (χ0n) is 17.6. The highest BCUT2D eigenvalue weighted by Gasteiger charge is 2.32. The largest absolute Gasteiger partial charge is 0.357 e. The number of rotatable bonds is 8. The van der Waals surface area contributed by atoms with Gasteiger partial charge in [0.25, 0.3) is 0 Å². The average molecular weight is 402 g/mol. The highest BCUT2D eigenvalue weighted by Crippen LogP contribution is 2.27. The van der Waals surface area contributed by atoms with E-state index in [1.807, 2.05) is 17.2 Å². The molecule has 1 aliphatic heterocycles. The van der Waals surface area contributed by atoms with Gasteiger partial charge in [-0.3, -0.25) is 14.6 Å². The van der Waals surface area contributed by atoms with Gasteiger partial charge in [0.15, 0.2) is 5.96 Å². The molecule has 0 aromatic carbocycles. The second-order valence-electron chi connectivity index (χ2n) is 8.10. The minimum absolute atomic E-state index is 0.0453. The number of carbonyl (C=O) groups excluding carboxylic acids is 1. The van der Waals surface area contributed by atoms with Crippen molar-refractivity contribution >= 4 is 11.9 Å². The molecule has 160 valence electrons. The molecule has 1 saturated heterocycles. The zero-order chi connectivity index (χ0) is 20.5. The summed E-state index contributed by atoms with van der Waals surface area (Å²) < 4.78 is 1.74. The summed E-state index contributed by atoms with van der Waals surface area (Å²) in [6.45, 7) is 5.93. The molecule has 1 amide bonds. The van der Waals surface area contributed by atoms with Crippen molar-refractivity contribution in [2.45, 2.75) is 64.5 Å². The molecule has 2 aliphatic rings. The van der Waals surface area contributed by atoms with Crippen LogP contribution in [0, 0.1) is 5.92 Å². The number of nitrogens with zero attached hydrogens (tertiary/aromatic N) is 3. The van der Waals surface area contributed by atoms with Crippen LogP contribution in [-0.4, -0.2) is 53.6 Å². The van der Waals surface area contributed by atoms with Crippen LogP contribution in [0.5, 0.6) is 0 Å². The summed E-state index contributed by atoms with van der Waals surface area (Å²) in [6.07, 6.45) is 9.16. The van der Waals surface area contributed by atoms with E-state index in [9.17, 15) is 9.59 Å². The van der Waals surface area contributed by atoms with Crippen molar-refractivity contribution in [3.05, 3.63) is 34.7 Å². The smallest absolute Gasteiger partial charge is 0.250 e. The molecule has 1 aromatic heterocycles. The fourth-order valence-electron chi connectivity index (χ4n) is 4.25. The molecule has 29 heavy (non-hydrogen) atoms. The molecule has 1 saturated carbocycles. The Balaban J connectivity index is 1.41. The molecule has 1 unspecified atom stereocenters. The molecule has 1 aliphatic carbocycles. The van der Waals surface area contributed by atoms with Gasteiger partial charge in [0, 0.05) is 56.9 Å². The molecule has 2 fully saturated rings. The minimum Gasteiger partial charge on any atom is -0.357 e. The van der Waals surface area contributed by atoms with E-state index in [2.05, 4.69) is 22.5 Å². The number of aryl methyl sites for hydroxylation is 1. The van der Waals surface area contributed by atoms with E-state index in [4.69, 9.17) is 0 Å². The van der Waals surface area contributed by atoms with Crippen molar-refractivity contribution in [1.29, 1.82) is 0 Å². The number of likely N-dealkylation sites (tertiary alicyclic amines) is 1. The SMILES string of the molecule is CCNC(=NCCCCn1ccccc1=O)NC1CCN(C(=O)C2CCCC2)C1. The van der Waals surface area contributed by atoms with Crippen LogP contribution >= 0.6 is 0 Å². The van der Waals surface area contributed by atoms with Gasteiger partial charge < -0.3 is 20.1 Å². The number of pyridine rings is 1. The molecule has 1 aromatic rings. The predicted octanol–water partition coefficient (Wildman–Crippen LogP) is 1.97. The van der Waals surface area contributed by atoms with Gasteiger partial charge in [-0.2, -0.15) is 0 Å². The van der Waals surface area contributed by atoms with Gasteiger partial charge in [-0.05, 0) is 45.1 Å². The summed E-state index contributed by atoms with van der Waals surface area (Å²) in [5.74, 6) is 1.43. The molecular formula is C22H35N5O2. The molecular weight excluding hydrogens is 366 g/mol. The summed E-state index contributed by atoms with van der Waals surface area (Å²) in [7, 11) is 0. The Labute approximate surface area is 173 Å². The molecule has 2 N–H and O–H groups in total. The molecule has 0 bridgehead atoms. The normalized spacial score (nSPS) is 20.2. The van der Waals surface area contributed by atoms with Crippen LogP contribution in [-0.2, 0) is 11.3 Å². The zero-order valence-corrected chi connectivity index (χ0v) is 17.6. The summed E-state index contributed by atoms with van der Waals surface area (Å²) in [4.78, 5) is 31.1. The molecule has 0 spiro atoms. The maximum absolute atomic E-state index is 12.6. The maximum Gasteiger partial charge on any atom is 0.250 e. The average Bonchev–Trinajstić information content (AvgIpc) is 3.41. The van der Waals surface area contributed by atoms with Crippen molar-refractivity contribution in [2.24, 2.45) is 10.9 Å². The Morgan fingerprint density at radius 2 is 2.03 bits per heavy atom. The number of hydrogen-bond donors (Lipinski definition) is 2. The first-order chi connectivity index (χ1) is 14.2. The van der Waals surface area contributed by atoms with Crippen LogP contribution in [0.25, 0.3) is 0 Å². The molecule has 2 heterocycles. The number of guanidine groups is 1. The lowest BCUT2D eigenvalue weighted by Crippen LogP contribution is -2.45. The van der Waals surface area contributed by atoms with Crippen LogP contribution in [0.4, 0.5) is 0 Å². The first-order valence-electron chi connectivity index (χ1n) is 11.2. The summed E-state index contributed by atoms with van der Waals surface area (Å²) in [6, 6.07) is 5.51. The van der Waals surface area contributed by atoms with Crippen molar-refractivity contribution in [3.63, 3.8) is 0 Å². The number of nitrogens with one attached hydrogen (secondary N) is 2. The Morgan fingerprint density at radius 1 is 1.21 bits per heavy atom. The molecule has 7 heteroatoms. The first kappa shape index (κ1) is 21.4. The maximum atomic E-state index is 12.6. The lowest BCUT2D eigenvalue weighted by atomic mass is 10.1. The standard InChI is InChI=1S/C22H35N5O2/c1-2-23-22(24-13-6-8-15-26-14-7-5-11-20(26)28)25-19-12-16-27(17-19)21(29)18-9-3-4-10-18/h5,7,11,14,18-19H,2-4,6,8-10,12-13,15-17H2,1H3,(H2,23,24,25). The Morgan fingerprint density at radius 3 is 2.79 bits per heavy atom. The van der Waals surface area contributed by atoms with E-state index in [1.165, 1.54) is 12.8 Å². The van der Waals surface area contributed by atoms with Crippen LogP contribution in [0.1, 0.15) is 51.9 Å². The lowest BCUT2D eigenvalue weighted by molar-refractivity contribution is -0.134. The van der Waals surface area contributed by atoms with E-state index in [0.717, 1.165) is 64.2 Å². The van der Waals surface area contributed by atoms with Crippen LogP contribution < -0.4 is 16.2 Å². The van der Waals surface area contributed by atoms with Crippen molar-refractivity contribution in [2.75, 3.05) is 26.2 Å². The quantitative estimate of drug-likeness (QED) is 0.397. The van der Waals surface area contributed by atoms with E-state index >= 15 is 0 Å². The minimum atomic E-state index is 0.0453. The third kappa shape index (κ3) is 6.34. The number of amides is 1. The summed E-state index contributed by atoms with van der Waals surface area (Å²) in [5.41, 5.74) is 0.0453. The van der Waals surface area contributed by atoms with Crippen LogP contribution in [0.3, 0.4) is 0 Å². The lowest BCUT2D eigenvalue weighted by Gasteiger charge is -2.21. The number of aliphatic imine (C=N–C) groups is 1. The summed E-state index contributed by atoms with van der Waals surface area (Å²) >= 11 is 0. The van der Waals surface area contributed by atoms with Crippen LogP contribution in [0.15, 0.2) is 34.2 Å². The number of hydrogen-bond acceptors (Lipinski definition) is 3. The van der Waals surface area contributed by atoms with Gasteiger partial charge in [-0.15, -0.1) is 0 Å². The monoisotopic (exact) mass is 401 g/mol. The van der Waals surface area contributed by atoms with E-state index in [1.54, 1.807) is 16.7 Å². The Kier molecular flexibility index (Phi) is 8.14. The van der Waals surface area contributed by atoms with Gasteiger partial charge in [-0.1, -0.05) is 18.9 Å². The topological polar surface area (TPSA) is 78.7 Å². The Bertz CT molecular complexity index is 739. The van der Waals surface area contributed by atoms with E-state index in [0.29, 0.717) is 12.5 Å². The van der Waals surface area contributed by atoms with Crippen LogP contribution in [0.2, 0.25) is 0 Å². The van der Waals surface area contributed by atoms with Gasteiger partial charge >= 0.3 is 0 Å². The third-order valence-electron chi connectivity index (χ3n) is 5.87. The van der Waals surface area contributed by atoms with E-state index < -0.39 is 0 Å². The number of unbranched alkanes of at least 4 members (excludes halogenated alkanes) is 1. The van der Waals surface area contributed by atoms with Gasteiger partial charge in [0.1, 0.15) is 0 Å². The molecule has 1 atom stereocenters. The predicted molar refractivity (Wildman–Crippen MR) is 116 cm³/mol.